The average molecular weight is 227 g/mol. The maximum atomic E-state index is 5.88. The molecule has 1 heterocycles. The molecule has 2 rings (SSSR count). The molecule has 2 aliphatic rings. The third kappa shape index (κ3) is 2.13. The maximum absolute atomic E-state index is 5.88. The van der Waals surface area contributed by atoms with Crippen molar-refractivity contribution >= 4 is 0 Å². The van der Waals surface area contributed by atoms with E-state index < -0.39 is 0 Å². The molecule has 0 aromatic heterocycles. The molecule has 1 N–H and O–H groups in total. The standard InChI is InChI=1S/C13H25NO2/c1-4-15-9-7-14-11-10-6-5-8-16-12(10)13(11,2)3/h10-12,14H,4-9H2,1-3H3. The molecular weight excluding hydrogens is 202 g/mol. The molecule has 3 unspecified atom stereocenters. The van der Waals surface area contributed by atoms with Gasteiger partial charge in [0.1, 0.15) is 0 Å². The highest BCUT2D eigenvalue weighted by Gasteiger charge is 2.57. The molecule has 16 heavy (non-hydrogen) atoms. The fourth-order valence-electron chi connectivity index (χ4n) is 3.37. The zero-order valence-electron chi connectivity index (χ0n) is 10.8. The molecular formula is C13H25NO2. The molecule has 3 nitrogen and oxygen atoms in total. The first-order chi connectivity index (χ1) is 7.68. The lowest BCUT2D eigenvalue weighted by Crippen LogP contribution is -2.69. The Kier molecular flexibility index (Phi) is 3.88. The lowest BCUT2D eigenvalue weighted by atomic mass is 9.55. The number of hydrogen-bond acceptors (Lipinski definition) is 3. The molecule has 1 aliphatic carbocycles. The van der Waals surface area contributed by atoms with Crippen LogP contribution in [0.4, 0.5) is 0 Å². The third-order valence-electron chi connectivity index (χ3n) is 4.15. The highest BCUT2D eigenvalue weighted by molar-refractivity contribution is 5.10. The van der Waals surface area contributed by atoms with Crippen LogP contribution in [-0.4, -0.2) is 38.5 Å². The van der Waals surface area contributed by atoms with Gasteiger partial charge in [-0.25, -0.2) is 0 Å². The Hall–Kier alpha value is -0.120. The van der Waals surface area contributed by atoms with Crippen LogP contribution in [0.3, 0.4) is 0 Å². The molecule has 0 bridgehead atoms. The molecule has 0 spiro atoms. The molecule has 0 aromatic carbocycles. The first kappa shape index (κ1) is 12.3. The lowest BCUT2D eigenvalue weighted by Gasteiger charge is -2.60. The summed E-state index contributed by atoms with van der Waals surface area (Å²) >= 11 is 0. The molecule has 2 fully saturated rings. The summed E-state index contributed by atoms with van der Waals surface area (Å²) in [7, 11) is 0. The second kappa shape index (κ2) is 5.03. The molecule has 1 saturated carbocycles. The van der Waals surface area contributed by atoms with Crippen molar-refractivity contribution in [2.75, 3.05) is 26.4 Å². The van der Waals surface area contributed by atoms with E-state index in [-0.39, 0.29) is 5.41 Å². The highest BCUT2D eigenvalue weighted by Crippen LogP contribution is 2.51. The molecule has 94 valence electrons. The minimum Gasteiger partial charge on any atom is -0.380 e. The third-order valence-corrected chi connectivity index (χ3v) is 4.15. The van der Waals surface area contributed by atoms with Crippen LogP contribution in [0.25, 0.3) is 0 Å². The molecule has 1 aliphatic heterocycles. The Morgan fingerprint density at radius 3 is 3.00 bits per heavy atom. The summed E-state index contributed by atoms with van der Waals surface area (Å²) in [5.41, 5.74) is 0.289. The van der Waals surface area contributed by atoms with E-state index in [1.165, 1.54) is 12.8 Å². The van der Waals surface area contributed by atoms with E-state index in [1.807, 2.05) is 6.92 Å². The number of rotatable bonds is 5. The first-order valence-corrected chi connectivity index (χ1v) is 6.60. The van der Waals surface area contributed by atoms with Crippen molar-refractivity contribution in [3.05, 3.63) is 0 Å². The van der Waals surface area contributed by atoms with E-state index in [4.69, 9.17) is 9.47 Å². The van der Waals surface area contributed by atoms with Crippen LogP contribution in [0.2, 0.25) is 0 Å². The van der Waals surface area contributed by atoms with Gasteiger partial charge in [-0.15, -0.1) is 0 Å². The number of fused-ring (bicyclic) bond motifs is 1. The van der Waals surface area contributed by atoms with Crippen molar-refractivity contribution in [1.29, 1.82) is 0 Å². The van der Waals surface area contributed by atoms with Crippen LogP contribution < -0.4 is 5.32 Å². The predicted octanol–water partition coefficient (Wildman–Crippen LogP) is 1.82. The van der Waals surface area contributed by atoms with Gasteiger partial charge < -0.3 is 14.8 Å². The van der Waals surface area contributed by atoms with Crippen LogP contribution in [0.1, 0.15) is 33.6 Å². The van der Waals surface area contributed by atoms with Gasteiger partial charge in [-0.2, -0.15) is 0 Å². The Balaban J connectivity index is 1.80. The van der Waals surface area contributed by atoms with Gasteiger partial charge in [0.25, 0.3) is 0 Å². The quantitative estimate of drug-likeness (QED) is 0.727. The van der Waals surface area contributed by atoms with E-state index >= 15 is 0 Å². The van der Waals surface area contributed by atoms with Crippen molar-refractivity contribution in [1.82, 2.24) is 5.32 Å². The number of nitrogens with one attached hydrogen (secondary N) is 1. The van der Waals surface area contributed by atoms with Crippen LogP contribution in [-0.2, 0) is 9.47 Å². The monoisotopic (exact) mass is 227 g/mol. The largest absolute Gasteiger partial charge is 0.380 e. The Morgan fingerprint density at radius 1 is 1.44 bits per heavy atom. The highest BCUT2D eigenvalue weighted by atomic mass is 16.5. The zero-order chi connectivity index (χ0) is 11.6. The predicted molar refractivity (Wildman–Crippen MR) is 64.5 cm³/mol. The van der Waals surface area contributed by atoms with E-state index in [0.717, 1.165) is 32.3 Å². The van der Waals surface area contributed by atoms with Crippen LogP contribution in [0.5, 0.6) is 0 Å². The van der Waals surface area contributed by atoms with E-state index in [2.05, 4.69) is 19.2 Å². The van der Waals surface area contributed by atoms with Gasteiger partial charge in [0.2, 0.25) is 0 Å². The Morgan fingerprint density at radius 2 is 2.25 bits per heavy atom. The summed E-state index contributed by atoms with van der Waals surface area (Å²) in [4.78, 5) is 0. The minimum absolute atomic E-state index is 0.289. The van der Waals surface area contributed by atoms with Crippen LogP contribution in [0, 0.1) is 11.3 Å². The second-order valence-corrected chi connectivity index (χ2v) is 5.55. The average Bonchev–Trinajstić information content (AvgIpc) is 2.29. The van der Waals surface area contributed by atoms with Crippen LogP contribution >= 0.6 is 0 Å². The fourth-order valence-corrected chi connectivity index (χ4v) is 3.37. The number of hydrogen-bond donors (Lipinski definition) is 1. The van der Waals surface area contributed by atoms with Gasteiger partial charge >= 0.3 is 0 Å². The Bertz CT molecular complexity index is 230. The summed E-state index contributed by atoms with van der Waals surface area (Å²) in [6.07, 6.45) is 3.02. The van der Waals surface area contributed by atoms with Gasteiger partial charge in [-0.3, -0.25) is 0 Å². The molecule has 3 atom stereocenters. The van der Waals surface area contributed by atoms with Crippen molar-refractivity contribution in [3.8, 4) is 0 Å². The van der Waals surface area contributed by atoms with E-state index in [9.17, 15) is 0 Å². The maximum Gasteiger partial charge on any atom is 0.0684 e. The van der Waals surface area contributed by atoms with Gasteiger partial charge in [0.15, 0.2) is 0 Å². The summed E-state index contributed by atoms with van der Waals surface area (Å²) in [5, 5.41) is 3.64. The summed E-state index contributed by atoms with van der Waals surface area (Å²) in [5.74, 6) is 0.727. The van der Waals surface area contributed by atoms with Gasteiger partial charge in [-0.05, 0) is 19.8 Å². The first-order valence-electron chi connectivity index (χ1n) is 6.60. The molecule has 0 amide bonds. The normalized spacial score (nSPS) is 36.6. The van der Waals surface area contributed by atoms with E-state index in [1.54, 1.807) is 0 Å². The minimum atomic E-state index is 0.289. The van der Waals surface area contributed by atoms with Gasteiger partial charge in [0, 0.05) is 37.1 Å². The zero-order valence-corrected chi connectivity index (χ0v) is 10.8. The molecule has 0 aromatic rings. The van der Waals surface area contributed by atoms with Crippen molar-refractivity contribution in [2.24, 2.45) is 11.3 Å². The van der Waals surface area contributed by atoms with Gasteiger partial charge in [0.05, 0.1) is 12.7 Å². The number of ether oxygens (including phenoxy) is 2. The summed E-state index contributed by atoms with van der Waals surface area (Å²) < 4.78 is 11.2. The van der Waals surface area contributed by atoms with Crippen molar-refractivity contribution in [3.63, 3.8) is 0 Å². The topological polar surface area (TPSA) is 30.5 Å². The molecule has 1 saturated heterocycles. The molecule has 3 heteroatoms. The smallest absolute Gasteiger partial charge is 0.0684 e. The Labute approximate surface area is 98.9 Å². The van der Waals surface area contributed by atoms with E-state index in [0.29, 0.717) is 12.1 Å². The summed E-state index contributed by atoms with van der Waals surface area (Å²) in [6, 6.07) is 0.609. The second-order valence-electron chi connectivity index (χ2n) is 5.55. The fraction of sp³-hybridized carbons (Fsp3) is 1.00. The van der Waals surface area contributed by atoms with Crippen molar-refractivity contribution in [2.45, 2.75) is 45.8 Å². The lowest BCUT2D eigenvalue weighted by molar-refractivity contribution is -0.192. The van der Waals surface area contributed by atoms with Crippen molar-refractivity contribution < 1.29 is 9.47 Å². The molecule has 0 radical (unpaired) electrons. The summed E-state index contributed by atoms with van der Waals surface area (Å²) in [6.45, 7) is 10.2. The van der Waals surface area contributed by atoms with Crippen LogP contribution in [0.15, 0.2) is 0 Å². The SMILES string of the molecule is CCOCCNC1C2CCCOC2C1(C)C. The van der Waals surface area contributed by atoms with Gasteiger partial charge in [-0.1, -0.05) is 13.8 Å².